The van der Waals surface area contributed by atoms with E-state index in [1.54, 1.807) is 23.8 Å². The van der Waals surface area contributed by atoms with Gasteiger partial charge in [-0.2, -0.15) is 5.26 Å². The van der Waals surface area contributed by atoms with Gasteiger partial charge in [0.25, 0.3) is 0 Å². The second kappa shape index (κ2) is 6.00. The number of furan rings is 1. The van der Waals surface area contributed by atoms with Crippen LogP contribution in [0.4, 0.5) is 5.00 Å². The smallest absolute Gasteiger partial charge is 0.238 e. The average Bonchev–Trinajstić information content (AvgIpc) is 3.00. The summed E-state index contributed by atoms with van der Waals surface area (Å²) in [5, 5.41) is 16.8. The van der Waals surface area contributed by atoms with E-state index in [1.807, 2.05) is 12.1 Å². The second-order valence-corrected chi connectivity index (χ2v) is 4.42. The minimum Gasteiger partial charge on any atom is -0.468 e. The third-order valence-corrected chi connectivity index (χ3v) is 3.03. The van der Waals surface area contributed by atoms with Crippen LogP contribution < -0.4 is 10.6 Å². The lowest BCUT2D eigenvalue weighted by Gasteiger charge is -2.04. The van der Waals surface area contributed by atoms with Gasteiger partial charge in [-0.05, 0) is 23.6 Å². The predicted octanol–water partition coefficient (Wildman–Crippen LogP) is 1.94. The first kappa shape index (κ1) is 12.4. The summed E-state index contributed by atoms with van der Waals surface area (Å²) in [7, 11) is 0. The molecule has 2 rings (SSSR count). The fourth-order valence-electron chi connectivity index (χ4n) is 1.38. The van der Waals surface area contributed by atoms with Gasteiger partial charge < -0.3 is 15.1 Å². The molecule has 0 aliphatic heterocycles. The molecule has 0 spiro atoms. The third-order valence-electron chi connectivity index (χ3n) is 2.20. The maximum atomic E-state index is 11.6. The van der Waals surface area contributed by atoms with Gasteiger partial charge in [-0.15, -0.1) is 11.3 Å². The van der Waals surface area contributed by atoms with E-state index < -0.39 is 0 Å². The normalized spacial score (nSPS) is 9.94. The lowest BCUT2D eigenvalue weighted by Crippen LogP contribution is -2.27. The van der Waals surface area contributed by atoms with Crippen LogP contribution in [0.5, 0.6) is 0 Å². The number of nitriles is 1. The summed E-state index contributed by atoms with van der Waals surface area (Å²) in [6, 6.07) is 7.32. The number of carbonyl (C=O) groups excluding carboxylic acids is 1. The van der Waals surface area contributed by atoms with Gasteiger partial charge in [0, 0.05) is 0 Å². The molecule has 0 atom stereocenters. The van der Waals surface area contributed by atoms with Gasteiger partial charge in [-0.25, -0.2) is 0 Å². The van der Waals surface area contributed by atoms with E-state index in [4.69, 9.17) is 9.68 Å². The van der Waals surface area contributed by atoms with E-state index in [-0.39, 0.29) is 12.5 Å². The van der Waals surface area contributed by atoms with Crippen LogP contribution >= 0.6 is 11.3 Å². The van der Waals surface area contributed by atoms with Gasteiger partial charge in [0.15, 0.2) is 0 Å². The summed E-state index contributed by atoms with van der Waals surface area (Å²) >= 11 is 1.33. The molecular weight excluding hydrogens is 250 g/mol. The van der Waals surface area contributed by atoms with Gasteiger partial charge in [0.05, 0.1) is 24.9 Å². The van der Waals surface area contributed by atoms with E-state index in [2.05, 4.69) is 10.6 Å². The van der Waals surface area contributed by atoms with Crippen molar-refractivity contribution in [1.82, 2.24) is 5.32 Å². The minimum absolute atomic E-state index is 0.170. The van der Waals surface area contributed by atoms with Crippen LogP contribution in [0.2, 0.25) is 0 Å². The predicted molar refractivity (Wildman–Crippen MR) is 68.1 cm³/mol. The summed E-state index contributed by atoms with van der Waals surface area (Å²) < 4.78 is 5.12. The fraction of sp³-hybridized carbons (Fsp3) is 0.167. The molecule has 92 valence electrons. The number of nitrogens with zero attached hydrogens (tertiary/aromatic N) is 1. The Hall–Kier alpha value is -2.10. The number of hydrogen-bond donors (Lipinski definition) is 2. The van der Waals surface area contributed by atoms with Crippen LogP contribution in [0.25, 0.3) is 0 Å². The van der Waals surface area contributed by atoms with Gasteiger partial charge >= 0.3 is 0 Å². The second-order valence-electron chi connectivity index (χ2n) is 3.51. The number of carbonyl (C=O) groups is 1. The number of thiophene rings is 1. The number of anilines is 1. The monoisotopic (exact) mass is 261 g/mol. The lowest BCUT2D eigenvalue weighted by molar-refractivity contribution is -0.115. The minimum atomic E-state index is -0.180. The van der Waals surface area contributed by atoms with E-state index in [9.17, 15) is 4.79 Å². The molecule has 0 aliphatic rings. The molecule has 0 bridgehead atoms. The van der Waals surface area contributed by atoms with Crippen LogP contribution in [0.1, 0.15) is 11.3 Å². The van der Waals surface area contributed by atoms with Crippen molar-refractivity contribution >= 4 is 22.2 Å². The van der Waals surface area contributed by atoms with Crippen molar-refractivity contribution in [3.05, 3.63) is 41.2 Å². The molecule has 18 heavy (non-hydrogen) atoms. The van der Waals surface area contributed by atoms with Crippen molar-refractivity contribution in [3.63, 3.8) is 0 Å². The molecule has 0 saturated heterocycles. The van der Waals surface area contributed by atoms with Crippen LogP contribution in [-0.4, -0.2) is 12.5 Å². The number of amides is 1. The molecular formula is C12H11N3O2S. The first-order valence-corrected chi connectivity index (χ1v) is 6.18. The maximum absolute atomic E-state index is 11.6. The molecule has 6 heteroatoms. The Labute approximate surface area is 108 Å². The van der Waals surface area contributed by atoms with Crippen molar-refractivity contribution in [2.75, 3.05) is 11.9 Å². The van der Waals surface area contributed by atoms with Crippen LogP contribution in [0, 0.1) is 11.3 Å². The molecule has 0 aromatic carbocycles. The first-order valence-electron chi connectivity index (χ1n) is 5.30. The molecule has 5 nitrogen and oxygen atoms in total. The van der Waals surface area contributed by atoms with Crippen molar-refractivity contribution in [2.24, 2.45) is 0 Å². The number of rotatable bonds is 5. The van der Waals surface area contributed by atoms with Crippen molar-refractivity contribution in [1.29, 1.82) is 5.26 Å². The quantitative estimate of drug-likeness (QED) is 0.862. The third kappa shape index (κ3) is 3.20. The molecule has 0 fully saturated rings. The SMILES string of the molecule is N#Cc1ccsc1NC(=O)CNCc1ccco1. The van der Waals surface area contributed by atoms with Crippen LogP contribution in [-0.2, 0) is 11.3 Å². The zero-order valence-corrected chi connectivity index (χ0v) is 10.3. The molecule has 0 unspecified atom stereocenters. The van der Waals surface area contributed by atoms with Crippen molar-refractivity contribution < 1.29 is 9.21 Å². The number of nitrogens with one attached hydrogen (secondary N) is 2. The Bertz CT molecular complexity index is 554. The zero-order valence-electron chi connectivity index (χ0n) is 9.47. The lowest BCUT2D eigenvalue weighted by atomic mass is 10.3. The van der Waals surface area contributed by atoms with Crippen LogP contribution in [0.15, 0.2) is 34.3 Å². The van der Waals surface area contributed by atoms with E-state index in [1.165, 1.54) is 11.3 Å². The fourth-order valence-corrected chi connectivity index (χ4v) is 2.13. The summed E-state index contributed by atoms with van der Waals surface area (Å²) in [6.45, 7) is 0.666. The van der Waals surface area contributed by atoms with Crippen molar-refractivity contribution in [3.8, 4) is 6.07 Å². The molecule has 1 amide bonds. The highest BCUT2D eigenvalue weighted by molar-refractivity contribution is 7.14. The van der Waals surface area contributed by atoms with Gasteiger partial charge in [0.1, 0.15) is 16.8 Å². The topological polar surface area (TPSA) is 78.1 Å². The zero-order chi connectivity index (χ0) is 12.8. The first-order chi connectivity index (χ1) is 8.79. The molecule has 2 aromatic rings. The van der Waals surface area contributed by atoms with Gasteiger partial charge in [0.2, 0.25) is 5.91 Å². The Morgan fingerprint density at radius 2 is 2.39 bits per heavy atom. The highest BCUT2D eigenvalue weighted by Crippen LogP contribution is 2.21. The molecule has 0 radical (unpaired) electrons. The highest BCUT2D eigenvalue weighted by Gasteiger charge is 2.07. The van der Waals surface area contributed by atoms with Crippen LogP contribution in [0.3, 0.4) is 0 Å². The molecule has 2 aromatic heterocycles. The largest absolute Gasteiger partial charge is 0.468 e. The maximum Gasteiger partial charge on any atom is 0.238 e. The summed E-state index contributed by atoms with van der Waals surface area (Å²) in [6.07, 6.45) is 1.59. The summed E-state index contributed by atoms with van der Waals surface area (Å²) in [5.74, 6) is 0.595. The van der Waals surface area contributed by atoms with E-state index in [0.717, 1.165) is 5.76 Å². The Morgan fingerprint density at radius 1 is 1.50 bits per heavy atom. The van der Waals surface area contributed by atoms with E-state index >= 15 is 0 Å². The molecule has 2 N–H and O–H groups in total. The number of hydrogen-bond acceptors (Lipinski definition) is 5. The van der Waals surface area contributed by atoms with E-state index in [0.29, 0.717) is 17.1 Å². The standard InChI is InChI=1S/C12H11N3O2S/c13-6-9-3-5-18-12(9)15-11(16)8-14-7-10-2-1-4-17-10/h1-5,14H,7-8H2,(H,15,16). The summed E-state index contributed by atoms with van der Waals surface area (Å²) in [4.78, 5) is 11.6. The van der Waals surface area contributed by atoms with Gasteiger partial charge in [-0.1, -0.05) is 0 Å². The van der Waals surface area contributed by atoms with Gasteiger partial charge in [-0.3, -0.25) is 4.79 Å². The molecule has 2 heterocycles. The van der Waals surface area contributed by atoms with Crippen molar-refractivity contribution in [2.45, 2.75) is 6.54 Å². The Balaban J connectivity index is 1.77. The average molecular weight is 261 g/mol. The summed E-state index contributed by atoms with van der Waals surface area (Å²) in [5.41, 5.74) is 0.486. The Morgan fingerprint density at radius 3 is 3.11 bits per heavy atom. The Kier molecular flexibility index (Phi) is 4.12. The molecule has 0 saturated carbocycles. The highest BCUT2D eigenvalue weighted by atomic mass is 32.1. The molecule has 0 aliphatic carbocycles.